The SMILES string of the molecule is COc1ncccc1C(O)CBr. The fourth-order valence-electron chi connectivity index (χ4n) is 0.911. The Morgan fingerprint density at radius 1 is 1.75 bits per heavy atom. The van der Waals surface area contributed by atoms with Crippen molar-refractivity contribution < 1.29 is 9.84 Å². The van der Waals surface area contributed by atoms with E-state index < -0.39 is 6.10 Å². The summed E-state index contributed by atoms with van der Waals surface area (Å²) in [5.74, 6) is 0.476. The molecule has 0 saturated heterocycles. The van der Waals surface area contributed by atoms with Gasteiger partial charge in [0.2, 0.25) is 5.88 Å². The summed E-state index contributed by atoms with van der Waals surface area (Å²) >= 11 is 3.18. The van der Waals surface area contributed by atoms with Gasteiger partial charge in [-0.25, -0.2) is 4.98 Å². The molecule has 3 nitrogen and oxygen atoms in total. The van der Waals surface area contributed by atoms with E-state index in [0.29, 0.717) is 16.8 Å². The first-order chi connectivity index (χ1) is 5.79. The van der Waals surface area contributed by atoms with Gasteiger partial charge in [-0.05, 0) is 12.1 Å². The van der Waals surface area contributed by atoms with E-state index >= 15 is 0 Å². The van der Waals surface area contributed by atoms with Crippen LogP contribution >= 0.6 is 15.9 Å². The van der Waals surface area contributed by atoms with Crippen LogP contribution in [-0.4, -0.2) is 22.5 Å². The smallest absolute Gasteiger partial charge is 0.218 e. The molecule has 1 aromatic rings. The highest BCUT2D eigenvalue weighted by atomic mass is 79.9. The third kappa shape index (κ3) is 1.95. The summed E-state index contributed by atoms with van der Waals surface area (Å²) in [5.41, 5.74) is 0.705. The van der Waals surface area contributed by atoms with E-state index in [-0.39, 0.29) is 0 Å². The Morgan fingerprint density at radius 3 is 3.08 bits per heavy atom. The van der Waals surface area contributed by atoms with E-state index in [1.165, 1.54) is 7.11 Å². The average molecular weight is 232 g/mol. The molecule has 4 heteroatoms. The minimum atomic E-state index is -0.561. The molecular formula is C8H10BrNO2. The number of alkyl halides is 1. The first kappa shape index (κ1) is 9.48. The number of pyridine rings is 1. The molecule has 0 spiro atoms. The number of aliphatic hydroxyl groups is 1. The van der Waals surface area contributed by atoms with Gasteiger partial charge in [0.1, 0.15) is 0 Å². The number of rotatable bonds is 3. The Morgan fingerprint density at radius 2 is 2.50 bits per heavy atom. The Hall–Kier alpha value is -0.610. The summed E-state index contributed by atoms with van der Waals surface area (Å²) in [6, 6.07) is 3.56. The van der Waals surface area contributed by atoms with Gasteiger partial charge in [-0.2, -0.15) is 0 Å². The topological polar surface area (TPSA) is 42.4 Å². The summed E-state index contributed by atoms with van der Waals surface area (Å²) in [4.78, 5) is 3.96. The lowest BCUT2D eigenvalue weighted by molar-refractivity contribution is 0.199. The van der Waals surface area contributed by atoms with Gasteiger partial charge >= 0.3 is 0 Å². The fraction of sp³-hybridized carbons (Fsp3) is 0.375. The van der Waals surface area contributed by atoms with Gasteiger partial charge in [0.05, 0.1) is 13.2 Å². The summed E-state index contributed by atoms with van der Waals surface area (Å²) in [5, 5.41) is 9.96. The van der Waals surface area contributed by atoms with Crippen LogP contribution in [0.2, 0.25) is 0 Å². The van der Waals surface area contributed by atoms with Crippen molar-refractivity contribution in [1.29, 1.82) is 0 Å². The number of aliphatic hydroxyl groups excluding tert-OH is 1. The van der Waals surface area contributed by atoms with Crippen LogP contribution in [0.25, 0.3) is 0 Å². The molecule has 0 aliphatic heterocycles. The Bertz CT molecular complexity index is 255. The highest BCUT2D eigenvalue weighted by molar-refractivity contribution is 9.09. The molecule has 12 heavy (non-hydrogen) atoms. The van der Waals surface area contributed by atoms with Crippen LogP contribution in [0.3, 0.4) is 0 Å². The van der Waals surface area contributed by atoms with Crippen molar-refractivity contribution in [3.63, 3.8) is 0 Å². The second-order valence-corrected chi connectivity index (χ2v) is 2.92. The number of hydrogen-bond acceptors (Lipinski definition) is 3. The van der Waals surface area contributed by atoms with Gasteiger partial charge in [0.25, 0.3) is 0 Å². The molecule has 0 aliphatic carbocycles. The number of halogens is 1. The summed E-state index contributed by atoms with van der Waals surface area (Å²) in [6.45, 7) is 0. The molecule has 1 atom stereocenters. The van der Waals surface area contributed by atoms with E-state index in [1.54, 1.807) is 18.3 Å². The van der Waals surface area contributed by atoms with Crippen LogP contribution in [0.1, 0.15) is 11.7 Å². The summed E-state index contributed by atoms with van der Waals surface area (Å²) < 4.78 is 4.98. The molecule has 0 aromatic carbocycles. The van der Waals surface area contributed by atoms with Crippen molar-refractivity contribution in [3.05, 3.63) is 23.9 Å². The zero-order chi connectivity index (χ0) is 8.97. The van der Waals surface area contributed by atoms with E-state index in [0.717, 1.165) is 0 Å². The highest BCUT2D eigenvalue weighted by Crippen LogP contribution is 2.22. The van der Waals surface area contributed by atoms with Crippen LogP contribution in [0, 0.1) is 0 Å². The normalized spacial score (nSPS) is 12.6. The standard InChI is InChI=1S/C8H10BrNO2/c1-12-8-6(7(11)5-9)3-2-4-10-8/h2-4,7,11H,5H2,1H3. The molecule has 1 unspecified atom stereocenters. The quantitative estimate of drug-likeness (QED) is 0.803. The molecule has 1 heterocycles. The molecule has 1 aromatic heterocycles. The van der Waals surface area contributed by atoms with E-state index in [4.69, 9.17) is 4.74 Å². The molecule has 1 N–H and O–H groups in total. The van der Waals surface area contributed by atoms with Crippen LogP contribution in [0.15, 0.2) is 18.3 Å². The number of ether oxygens (including phenoxy) is 1. The zero-order valence-corrected chi connectivity index (χ0v) is 8.28. The maximum Gasteiger partial charge on any atom is 0.218 e. The van der Waals surface area contributed by atoms with Crippen molar-refractivity contribution in [2.75, 3.05) is 12.4 Å². The molecule has 0 fully saturated rings. The average Bonchev–Trinajstić information content (AvgIpc) is 2.16. The van der Waals surface area contributed by atoms with Gasteiger partial charge < -0.3 is 9.84 Å². The maximum atomic E-state index is 9.47. The Balaban J connectivity index is 2.96. The lowest BCUT2D eigenvalue weighted by Crippen LogP contribution is -2.02. The number of nitrogens with zero attached hydrogens (tertiary/aromatic N) is 1. The lowest BCUT2D eigenvalue weighted by atomic mass is 10.2. The predicted octanol–water partition coefficient (Wildman–Crippen LogP) is 1.52. The van der Waals surface area contributed by atoms with Crippen molar-refractivity contribution in [1.82, 2.24) is 4.98 Å². The van der Waals surface area contributed by atoms with Crippen molar-refractivity contribution in [3.8, 4) is 5.88 Å². The molecule has 0 amide bonds. The van der Waals surface area contributed by atoms with Crippen molar-refractivity contribution >= 4 is 15.9 Å². The second kappa shape index (κ2) is 4.42. The van der Waals surface area contributed by atoms with Gasteiger partial charge in [-0.1, -0.05) is 15.9 Å². The number of hydrogen-bond donors (Lipinski definition) is 1. The highest BCUT2D eigenvalue weighted by Gasteiger charge is 2.11. The molecule has 66 valence electrons. The second-order valence-electron chi connectivity index (χ2n) is 2.27. The van der Waals surface area contributed by atoms with Crippen molar-refractivity contribution in [2.45, 2.75) is 6.10 Å². The van der Waals surface area contributed by atoms with Gasteiger partial charge in [-0.15, -0.1) is 0 Å². The Labute approximate surface area is 79.5 Å². The van der Waals surface area contributed by atoms with Crippen LogP contribution in [0.4, 0.5) is 0 Å². The first-order valence-electron chi connectivity index (χ1n) is 3.52. The minimum absolute atomic E-state index is 0.476. The fourth-order valence-corrected chi connectivity index (χ4v) is 1.26. The lowest BCUT2D eigenvalue weighted by Gasteiger charge is -2.10. The van der Waals surface area contributed by atoms with Gasteiger partial charge in [0.15, 0.2) is 0 Å². The van der Waals surface area contributed by atoms with E-state index in [1.807, 2.05) is 0 Å². The third-order valence-corrected chi connectivity index (χ3v) is 2.11. The molecule has 0 saturated carbocycles. The molecule has 1 rings (SSSR count). The van der Waals surface area contributed by atoms with E-state index in [2.05, 4.69) is 20.9 Å². The monoisotopic (exact) mass is 231 g/mol. The van der Waals surface area contributed by atoms with Crippen molar-refractivity contribution in [2.24, 2.45) is 0 Å². The maximum absolute atomic E-state index is 9.47. The largest absolute Gasteiger partial charge is 0.481 e. The van der Waals surface area contributed by atoms with Gasteiger partial charge in [-0.3, -0.25) is 0 Å². The van der Waals surface area contributed by atoms with Crippen LogP contribution < -0.4 is 4.74 Å². The minimum Gasteiger partial charge on any atom is -0.481 e. The first-order valence-corrected chi connectivity index (χ1v) is 4.64. The summed E-state index contributed by atoms with van der Waals surface area (Å²) in [7, 11) is 1.53. The Kier molecular flexibility index (Phi) is 3.49. The van der Waals surface area contributed by atoms with Crippen LogP contribution in [0.5, 0.6) is 5.88 Å². The molecule has 0 radical (unpaired) electrons. The number of aromatic nitrogens is 1. The molecular weight excluding hydrogens is 222 g/mol. The predicted molar refractivity (Wildman–Crippen MR) is 49.5 cm³/mol. The van der Waals surface area contributed by atoms with Crippen LogP contribution in [-0.2, 0) is 0 Å². The third-order valence-electron chi connectivity index (χ3n) is 1.50. The van der Waals surface area contributed by atoms with E-state index in [9.17, 15) is 5.11 Å². The van der Waals surface area contributed by atoms with Gasteiger partial charge in [0, 0.05) is 17.1 Å². The molecule has 0 aliphatic rings. The number of methoxy groups -OCH3 is 1. The summed E-state index contributed by atoms with van der Waals surface area (Å²) in [6.07, 6.45) is 1.07. The molecule has 0 bridgehead atoms. The zero-order valence-electron chi connectivity index (χ0n) is 6.70.